The first-order valence-corrected chi connectivity index (χ1v) is 12.8. The highest BCUT2D eigenvalue weighted by Crippen LogP contribution is 2.31. The molecule has 2 rings (SSSR count). The maximum Gasteiger partial charge on any atom is 0.316 e. The lowest BCUT2D eigenvalue weighted by atomic mass is 10.1. The monoisotopic (exact) mass is 503 g/mol. The Morgan fingerprint density at radius 2 is 1.93 bits per heavy atom. The summed E-state index contributed by atoms with van der Waals surface area (Å²) in [6.07, 6.45) is 5.15. The van der Waals surface area contributed by atoms with Gasteiger partial charge in [-0.1, -0.05) is 36.8 Å². The molecule has 0 aromatic heterocycles. The number of halogens is 2. The zero-order valence-electron chi connectivity index (χ0n) is 16.3. The molecule has 0 saturated carbocycles. The van der Waals surface area contributed by atoms with Crippen LogP contribution in [0.2, 0.25) is 0 Å². The second kappa shape index (κ2) is 14.3. The van der Waals surface area contributed by atoms with Crippen molar-refractivity contribution in [2.75, 3.05) is 18.9 Å². The maximum absolute atomic E-state index is 14.4. The van der Waals surface area contributed by atoms with Crippen molar-refractivity contribution in [1.82, 2.24) is 5.32 Å². The molecule has 0 amide bonds. The van der Waals surface area contributed by atoms with Gasteiger partial charge >= 0.3 is 8.25 Å². The first kappa shape index (κ1) is 24.6. The Balaban J connectivity index is 1.65. The van der Waals surface area contributed by atoms with E-state index in [0.717, 1.165) is 28.0 Å². The summed E-state index contributed by atoms with van der Waals surface area (Å²) in [6.45, 7) is 1.21. The molecular formula is C21H28BrFNO3PS. The first-order valence-electron chi connectivity index (χ1n) is 9.77. The minimum Gasteiger partial charge on any atom is -0.326 e. The molecule has 0 aliphatic rings. The fourth-order valence-electron chi connectivity index (χ4n) is 2.83. The Kier molecular flexibility index (Phi) is 12.2. The number of nitrogens with one attached hydrogen (secondary N) is 1. The van der Waals surface area contributed by atoms with Gasteiger partial charge in [0.2, 0.25) is 0 Å². The van der Waals surface area contributed by atoms with Gasteiger partial charge in [0.05, 0.1) is 6.61 Å². The molecule has 0 radical (unpaired) electrons. The number of hydrogen-bond acceptors (Lipinski definition) is 4. The molecule has 0 bridgehead atoms. The molecule has 0 fully saturated rings. The van der Waals surface area contributed by atoms with Gasteiger partial charge in [0.15, 0.2) is 0 Å². The Bertz CT molecular complexity index is 767. The maximum atomic E-state index is 14.4. The van der Waals surface area contributed by atoms with Crippen molar-refractivity contribution in [2.45, 2.75) is 43.5 Å². The summed E-state index contributed by atoms with van der Waals surface area (Å²) in [4.78, 5) is 9.50. The molecule has 2 aromatic carbocycles. The summed E-state index contributed by atoms with van der Waals surface area (Å²) >= 11 is 5.23. The number of rotatable bonds is 14. The van der Waals surface area contributed by atoms with Gasteiger partial charge in [-0.15, -0.1) is 11.8 Å². The molecule has 8 heteroatoms. The molecule has 1 atom stereocenters. The fourth-order valence-corrected chi connectivity index (χ4v) is 4.84. The predicted octanol–water partition coefficient (Wildman–Crippen LogP) is 5.97. The van der Waals surface area contributed by atoms with Gasteiger partial charge in [0.25, 0.3) is 0 Å². The number of hydrogen-bond donors (Lipinski definition) is 2. The quantitative estimate of drug-likeness (QED) is 0.189. The van der Waals surface area contributed by atoms with E-state index >= 15 is 0 Å². The van der Waals surface area contributed by atoms with E-state index in [4.69, 9.17) is 4.89 Å². The smallest absolute Gasteiger partial charge is 0.316 e. The normalized spacial score (nSPS) is 12.2. The lowest BCUT2D eigenvalue weighted by molar-refractivity contribution is 0.276. The number of unbranched alkanes of at least 4 members (excludes halogenated alkanes) is 2. The molecule has 0 aliphatic heterocycles. The van der Waals surface area contributed by atoms with Crippen molar-refractivity contribution in [3.63, 3.8) is 0 Å². The van der Waals surface area contributed by atoms with Crippen LogP contribution in [0.25, 0.3) is 0 Å². The van der Waals surface area contributed by atoms with Crippen LogP contribution in [0.3, 0.4) is 0 Å². The SMILES string of the molecule is O=[PH](O)OCCCNCc1cc(Br)c(SCCCCCc2ccccc2)cc1F. The van der Waals surface area contributed by atoms with Crippen LogP contribution >= 0.6 is 35.9 Å². The standard InChI is InChI=1S/C21H28BrFNO3PS/c22-19-14-18(16-24-11-7-12-27-28(25)26)20(23)15-21(19)29-13-6-2-5-10-17-8-3-1-4-9-17/h1,3-4,8-9,14-15,24,28H,2,5-7,10-13,16H2,(H,25,26). The van der Waals surface area contributed by atoms with Gasteiger partial charge in [-0.2, -0.15) is 0 Å². The van der Waals surface area contributed by atoms with E-state index < -0.39 is 8.25 Å². The highest BCUT2D eigenvalue weighted by Gasteiger charge is 2.09. The molecule has 0 saturated heterocycles. The van der Waals surface area contributed by atoms with E-state index in [1.807, 2.05) is 12.1 Å². The van der Waals surface area contributed by atoms with E-state index in [9.17, 15) is 8.96 Å². The summed E-state index contributed by atoms with van der Waals surface area (Å²) in [5, 5.41) is 3.12. The van der Waals surface area contributed by atoms with Crippen LogP contribution in [-0.4, -0.2) is 23.8 Å². The van der Waals surface area contributed by atoms with Gasteiger partial charge in [0.1, 0.15) is 5.82 Å². The zero-order valence-corrected chi connectivity index (χ0v) is 19.7. The minimum absolute atomic E-state index is 0.217. The van der Waals surface area contributed by atoms with E-state index in [-0.39, 0.29) is 12.4 Å². The average molecular weight is 504 g/mol. The molecule has 0 spiro atoms. The largest absolute Gasteiger partial charge is 0.326 e. The van der Waals surface area contributed by atoms with Crippen molar-refractivity contribution >= 4 is 35.9 Å². The van der Waals surface area contributed by atoms with Crippen LogP contribution < -0.4 is 5.32 Å². The molecule has 29 heavy (non-hydrogen) atoms. The number of benzene rings is 2. The van der Waals surface area contributed by atoms with Crippen molar-refractivity contribution in [3.8, 4) is 0 Å². The molecular weight excluding hydrogens is 476 g/mol. The fraction of sp³-hybridized carbons (Fsp3) is 0.429. The highest BCUT2D eigenvalue weighted by molar-refractivity contribution is 9.10. The van der Waals surface area contributed by atoms with Gasteiger partial charge in [-0.3, -0.25) is 4.57 Å². The van der Waals surface area contributed by atoms with Crippen LogP contribution in [0, 0.1) is 5.82 Å². The third kappa shape index (κ3) is 10.3. The second-order valence-electron chi connectivity index (χ2n) is 6.66. The second-order valence-corrected chi connectivity index (χ2v) is 9.48. The average Bonchev–Trinajstić information content (AvgIpc) is 2.70. The summed E-state index contributed by atoms with van der Waals surface area (Å²) < 4.78 is 30.3. The first-order chi connectivity index (χ1) is 14.1. The Morgan fingerprint density at radius 1 is 1.14 bits per heavy atom. The third-order valence-electron chi connectivity index (χ3n) is 4.35. The molecule has 0 aliphatic carbocycles. The lowest BCUT2D eigenvalue weighted by Gasteiger charge is -2.10. The topological polar surface area (TPSA) is 58.6 Å². The van der Waals surface area contributed by atoms with Crippen molar-refractivity contribution in [1.29, 1.82) is 0 Å². The summed E-state index contributed by atoms with van der Waals surface area (Å²) in [5.41, 5.74) is 1.98. The van der Waals surface area contributed by atoms with Gasteiger partial charge < -0.3 is 14.7 Å². The van der Waals surface area contributed by atoms with Crippen LogP contribution in [0.15, 0.2) is 51.8 Å². The third-order valence-corrected chi connectivity index (χ3v) is 6.86. The van der Waals surface area contributed by atoms with Gasteiger partial charge in [0, 0.05) is 21.5 Å². The van der Waals surface area contributed by atoms with Crippen molar-refractivity contribution < 1.29 is 18.4 Å². The minimum atomic E-state index is -2.86. The van der Waals surface area contributed by atoms with E-state index in [0.29, 0.717) is 25.1 Å². The summed E-state index contributed by atoms with van der Waals surface area (Å²) in [5.74, 6) is 0.752. The van der Waals surface area contributed by atoms with Gasteiger partial charge in [-0.05, 0) is 71.6 Å². The van der Waals surface area contributed by atoms with Crippen molar-refractivity contribution in [3.05, 3.63) is 63.9 Å². The Hall–Kier alpha value is -0.690. The van der Waals surface area contributed by atoms with E-state index in [2.05, 4.69) is 50.0 Å². The lowest BCUT2D eigenvalue weighted by Crippen LogP contribution is -2.16. The molecule has 4 nitrogen and oxygen atoms in total. The van der Waals surface area contributed by atoms with Crippen LogP contribution in [0.5, 0.6) is 0 Å². The van der Waals surface area contributed by atoms with Crippen molar-refractivity contribution in [2.24, 2.45) is 0 Å². The van der Waals surface area contributed by atoms with E-state index in [1.54, 1.807) is 17.8 Å². The van der Waals surface area contributed by atoms with Gasteiger partial charge in [-0.25, -0.2) is 4.39 Å². The Morgan fingerprint density at radius 3 is 2.69 bits per heavy atom. The van der Waals surface area contributed by atoms with Crippen LogP contribution in [-0.2, 0) is 22.1 Å². The Labute approximate surface area is 185 Å². The van der Waals surface area contributed by atoms with Crippen LogP contribution in [0.4, 0.5) is 4.39 Å². The van der Waals surface area contributed by atoms with E-state index in [1.165, 1.54) is 18.4 Å². The van der Waals surface area contributed by atoms with Crippen LogP contribution in [0.1, 0.15) is 36.8 Å². The zero-order chi connectivity index (χ0) is 20.9. The number of thioether (sulfide) groups is 1. The predicted molar refractivity (Wildman–Crippen MR) is 122 cm³/mol. The molecule has 1 unspecified atom stereocenters. The molecule has 2 N–H and O–H groups in total. The molecule has 160 valence electrons. The highest BCUT2D eigenvalue weighted by atomic mass is 79.9. The molecule has 2 aromatic rings. The summed E-state index contributed by atoms with van der Waals surface area (Å²) in [6, 6.07) is 13.9. The number of aryl methyl sites for hydroxylation is 1. The summed E-state index contributed by atoms with van der Waals surface area (Å²) in [7, 11) is -2.86. The molecule has 0 heterocycles.